The lowest BCUT2D eigenvalue weighted by atomic mass is 9.81. The fourth-order valence-corrected chi connectivity index (χ4v) is 10.6. The highest BCUT2D eigenvalue weighted by Crippen LogP contribution is 2.34. The number of phenols is 1. The molecule has 78 heavy (non-hydrogen) atoms. The van der Waals surface area contributed by atoms with Gasteiger partial charge in [0.2, 0.25) is 23.6 Å². The SMILES string of the molecule is CC[C@H](C)[C@H](CC(=O)C(C)(C)N(C)C)C(=O)N(C)[C@H](C[C@@H](OC(C)=O)c1nc(C(=O)N[C@@H](Cc2ccc(O)c(NC(=O)[C@H](C)CC(=O)[C@H](C)NC(=O)C3CC(=O)/C=C/SCS/C=C/C(=O)N3)c2)CC(C)C(=O)O)cs1)C(C)C. The van der Waals surface area contributed by atoms with Gasteiger partial charge in [-0.25, -0.2) is 4.98 Å². The van der Waals surface area contributed by atoms with Crippen molar-refractivity contribution >= 4 is 99.4 Å². The van der Waals surface area contributed by atoms with Crippen LogP contribution in [0.1, 0.15) is 135 Å². The quantitative estimate of drug-likeness (QED) is 0.0401. The van der Waals surface area contributed by atoms with Gasteiger partial charge in [-0.1, -0.05) is 54.0 Å². The van der Waals surface area contributed by atoms with E-state index in [9.17, 15) is 58.2 Å². The molecule has 0 aliphatic carbocycles. The fourth-order valence-electron chi connectivity index (χ4n) is 8.32. The van der Waals surface area contributed by atoms with Crippen molar-refractivity contribution in [1.29, 1.82) is 0 Å². The second-order valence-electron chi connectivity index (χ2n) is 21.0. The number of nitrogens with one attached hydrogen (secondary N) is 4. The molecule has 430 valence electrons. The number of rotatable bonds is 27. The third kappa shape index (κ3) is 20.4. The molecular weight excluding hydrogens is 1060 g/mol. The Kier molecular flexibility index (Phi) is 26.4. The van der Waals surface area contributed by atoms with Gasteiger partial charge in [-0.3, -0.25) is 52.8 Å². The zero-order chi connectivity index (χ0) is 58.8. The normalized spacial score (nSPS) is 18.2. The Bertz CT molecular complexity index is 2520. The number of carboxylic acids is 1. The topological polar surface area (TPSA) is 288 Å². The van der Waals surface area contributed by atoms with Gasteiger partial charge in [0.05, 0.1) is 23.2 Å². The van der Waals surface area contributed by atoms with Crippen molar-refractivity contribution in [3.63, 3.8) is 0 Å². The highest BCUT2D eigenvalue weighted by molar-refractivity contribution is 8.18. The Labute approximate surface area is 470 Å². The van der Waals surface area contributed by atoms with Crippen molar-refractivity contribution < 1.29 is 62.9 Å². The molecule has 1 aromatic heterocycles. The smallest absolute Gasteiger partial charge is 0.306 e. The molecule has 20 nitrogen and oxygen atoms in total. The van der Waals surface area contributed by atoms with E-state index in [1.807, 2.05) is 60.5 Å². The molecule has 0 spiro atoms. The zero-order valence-electron chi connectivity index (χ0n) is 47.0. The predicted octanol–water partition coefficient (Wildman–Crippen LogP) is 6.69. The van der Waals surface area contributed by atoms with Gasteiger partial charge in [0, 0.05) is 80.1 Å². The number of anilines is 1. The Morgan fingerprint density at radius 3 is 2.17 bits per heavy atom. The summed E-state index contributed by atoms with van der Waals surface area (Å²) in [6.07, 6.45) is 1.75. The lowest BCUT2D eigenvalue weighted by Crippen LogP contribution is -2.51. The summed E-state index contributed by atoms with van der Waals surface area (Å²) in [6.45, 7) is 17.1. The number of likely N-dealkylation sites (N-methyl/N-ethyl adjacent to an activating group) is 1. The molecule has 1 aliphatic heterocycles. The van der Waals surface area contributed by atoms with Gasteiger partial charge in [0.15, 0.2) is 23.5 Å². The van der Waals surface area contributed by atoms with Crippen LogP contribution in [0.5, 0.6) is 5.75 Å². The maximum Gasteiger partial charge on any atom is 0.306 e. The van der Waals surface area contributed by atoms with E-state index in [4.69, 9.17) is 4.74 Å². The van der Waals surface area contributed by atoms with Crippen molar-refractivity contribution in [2.75, 3.05) is 31.5 Å². The second-order valence-corrected chi connectivity index (χ2v) is 24.1. The number of Topliss-reactive ketones (excluding diaryl/α,β-unsaturated/α-hetero) is 2. The minimum atomic E-state index is -1.27. The molecule has 1 aromatic carbocycles. The number of benzene rings is 1. The molecule has 1 aliphatic rings. The lowest BCUT2D eigenvalue weighted by Gasteiger charge is -2.38. The Balaban J connectivity index is 1.78. The first-order valence-corrected chi connectivity index (χ1v) is 28.9. The largest absolute Gasteiger partial charge is 0.506 e. The molecule has 2 unspecified atom stereocenters. The number of esters is 1. The Morgan fingerprint density at radius 1 is 0.910 bits per heavy atom. The number of aromatic hydroxyl groups is 1. The van der Waals surface area contributed by atoms with E-state index < -0.39 is 101 Å². The predicted molar refractivity (Wildman–Crippen MR) is 302 cm³/mol. The van der Waals surface area contributed by atoms with Crippen LogP contribution in [0.3, 0.4) is 0 Å². The van der Waals surface area contributed by atoms with E-state index in [0.29, 0.717) is 17.1 Å². The molecule has 9 atom stereocenters. The molecule has 0 saturated carbocycles. The molecule has 0 fully saturated rings. The monoisotopic (exact) mass is 1140 g/mol. The van der Waals surface area contributed by atoms with Gasteiger partial charge in [-0.05, 0) is 94.1 Å². The van der Waals surface area contributed by atoms with Crippen LogP contribution >= 0.6 is 34.9 Å². The second kappa shape index (κ2) is 31.0. The number of phenolic OH excluding ortho intramolecular Hbond substituents is 1. The fraction of sp³-hybridized carbons (Fsp3) is 0.582. The molecule has 3 rings (SSSR count). The summed E-state index contributed by atoms with van der Waals surface area (Å²) in [5, 5.41) is 36.7. The number of thiazole rings is 1. The minimum absolute atomic E-state index is 0.0258. The van der Waals surface area contributed by atoms with Crippen molar-refractivity contribution in [3.05, 3.63) is 62.8 Å². The number of carbonyl (C=O) groups excluding carboxylic acids is 9. The number of nitrogens with zero attached hydrogens (tertiary/aromatic N) is 3. The van der Waals surface area contributed by atoms with Crippen LogP contribution in [0.15, 0.2) is 46.5 Å². The van der Waals surface area contributed by atoms with E-state index in [1.165, 1.54) is 80.9 Å². The van der Waals surface area contributed by atoms with Gasteiger partial charge >= 0.3 is 11.9 Å². The maximum atomic E-state index is 14.4. The third-order valence-corrected chi connectivity index (χ3v) is 16.8. The third-order valence-electron chi connectivity index (χ3n) is 14.1. The molecule has 0 saturated heterocycles. The number of carboxylic acid groups (broad SMARTS) is 1. The summed E-state index contributed by atoms with van der Waals surface area (Å²) in [5.74, 6) is -8.64. The van der Waals surface area contributed by atoms with Crippen LogP contribution in [0.25, 0.3) is 0 Å². The van der Waals surface area contributed by atoms with Crippen molar-refractivity contribution in [2.24, 2.45) is 29.6 Å². The van der Waals surface area contributed by atoms with Crippen LogP contribution in [-0.2, 0) is 54.3 Å². The number of ketones is 3. The van der Waals surface area contributed by atoms with E-state index in [0.717, 1.165) is 11.3 Å². The van der Waals surface area contributed by atoms with Crippen LogP contribution in [0, 0.1) is 29.6 Å². The number of hydrogen-bond acceptors (Lipinski definition) is 17. The van der Waals surface area contributed by atoms with E-state index in [-0.39, 0.29) is 84.2 Å². The van der Waals surface area contributed by atoms with Gasteiger partial charge in [-0.2, -0.15) is 0 Å². The first kappa shape index (κ1) is 66.4. The number of thioether (sulfide) groups is 2. The van der Waals surface area contributed by atoms with Crippen molar-refractivity contribution in [2.45, 2.75) is 150 Å². The number of amides is 5. The van der Waals surface area contributed by atoms with Gasteiger partial charge in [0.25, 0.3) is 5.91 Å². The molecule has 0 bridgehead atoms. The van der Waals surface area contributed by atoms with Gasteiger partial charge in [0.1, 0.15) is 22.5 Å². The molecule has 23 heteroatoms. The molecule has 2 heterocycles. The van der Waals surface area contributed by atoms with Crippen molar-refractivity contribution in [3.8, 4) is 5.75 Å². The molecule has 2 aromatic rings. The molecule has 5 amide bonds. The van der Waals surface area contributed by atoms with E-state index >= 15 is 0 Å². The zero-order valence-corrected chi connectivity index (χ0v) is 49.5. The van der Waals surface area contributed by atoms with Crippen LogP contribution in [-0.4, -0.2) is 140 Å². The van der Waals surface area contributed by atoms with E-state index in [2.05, 4.69) is 26.3 Å². The van der Waals surface area contributed by atoms with Crippen molar-refractivity contribution in [1.82, 2.24) is 30.7 Å². The summed E-state index contributed by atoms with van der Waals surface area (Å²) in [7, 11) is 5.32. The average Bonchev–Trinajstić information content (AvgIpc) is 3.86. The highest BCUT2D eigenvalue weighted by atomic mass is 32.2. The number of aliphatic carboxylic acids is 1. The average molecular weight is 1140 g/mol. The Hall–Kier alpha value is -5.91. The molecule has 6 N–H and O–H groups in total. The molecular formula is C55H79N7O13S3. The summed E-state index contributed by atoms with van der Waals surface area (Å²) in [6, 6.07) is 0.641. The summed E-state index contributed by atoms with van der Waals surface area (Å²) < 4.78 is 5.80. The summed E-state index contributed by atoms with van der Waals surface area (Å²) in [5.41, 5.74) is -0.370. The number of allylic oxidation sites excluding steroid dienone is 1. The van der Waals surface area contributed by atoms with Crippen LogP contribution in [0.2, 0.25) is 0 Å². The maximum absolute atomic E-state index is 14.4. The lowest BCUT2D eigenvalue weighted by molar-refractivity contribution is -0.150. The first-order chi connectivity index (χ1) is 36.5. The number of aromatic nitrogens is 1. The first-order valence-electron chi connectivity index (χ1n) is 26.0. The highest BCUT2D eigenvalue weighted by Gasteiger charge is 2.39. The van der Waals surface area contributed by atoms with Crippen LogP contribution < -0.4 is 21.3 Å². The van der Waals surface area contributed by atoms with Crippen LogP contribution in [0.4, 0.5) is 5.69 Å². The summed E-state index contributed by atoms with van der Waals surface area (Å²) >= 11 is 3.76. The number of carbonyl (C=O) groups is 10. The number of ether oxygens (including phenoxy) is 1. The number of hydrogen-bond donors (Lipinski definition) is 6. The standard InChI is InChI=1S/C55H79N7O13S3/c1-14-31(4)39(26-47(67)55(9,10)61(11)12)53(72)62(13)43(30(2)3)27-46(75-35(8)63)52-60-42(28-78-52)51(71)57-37(21-33(6)54(73)74)23-36-15-16-44(65)40(24-36)59-49(69)32(5)22-45(66)34(7)56-50(70)41-25-38(64)17-19-76-29-77-20-18-48(68)58-41/h15-20,24,28,30-34,37,39,41,43,46,65H,14,21-23,25-27,29H2,1-13H3,(H,56,70)(H,57,71)(H,58,68)(H,59,69)(H,73,74)/b19-17+,20-18+/t31-,32+,33?,34-,37+,39-,41?,43+,46+/m0/s1. The van der Waals surface area contributed by atoms with Gasteiger partial charge < -0.3 is 41.1 Å². The summed E-state index contributed by atoms with van der Waals surface area (Å²) in [4.78, 5) is 140. The molecule has 0 radical (unpaired) electrons. The van der Waals surface area contributed by atoms with Gasteiger partial charge in [-0.15, -0.1) is 34.9 Å². The minimum Gasteiger partial charge on any atom is -0.506 e. The van der Waals surface area contributed by atoms with E-state index in [1.54, 1.807) is 28.8 Å². The Morgan fingerprint density at radius 2 is 1.56 bits per heavy atom.